The van der Waals surface area contributed by atoms with Crippen molar-refractivity contribution >= 4 is 61.5 Å². The topological polar surface area (TPSA) is 3.24 Å². The lowest BCUT2D eigenvalue weighted by molar-refractivity contribution is 1.28. The van der Waals surface area contributed by atoms with Crippen LogP contribution in [0.3, 0.4) is 0 Å². The zero-order chi connectivity index (χ0) is 38.0. The minimum atomic E-state index is 1.12. The lowest BCUT2D eigenvalue weighted by Crippen LogP contribution is -2.09. The molecule has 57 heavy (non-hydrogen) atoms. The maximum atomic E-state index is 2.33. The summed E-state index contributed by atoms with van der Waals surface area (Å²) in [6.07, 6.45) is 4.40. The van der Waals surface area contributed by atoms with Gasteiger partial charge in [-0.25, -0.2) is 0 Å². The first-order valence-electron chi connectivity index (χ1n) is 19.6. The fourth-order valence-corrected chi connectivity index (χ4v) is 8.41. The molecule has 10 rings (SSSR count). The van der Waals surface area contributed by atoms with Gasteiger partial charge in [0.25, 0.3) is 0 Å². The van der Waals surface area contributed by atoms with Crippen molar-refractivity contribution in [3.05, 3.63) is 236 Å². The molecular weight excluding hydrogens is 687 g/mol. The first-order chi connectivity index (χ1) is 28.3. The zero-order valence-corrected chi connectivity index (χ0v) is 31.5. The molecule has 0 aliphatic carbocycles. The highest BCUT2D eigenvalue weighted by Crippen LogP contribution is 2.46. The lowest BCUT2D eigenvalue weighted by Gasteiger charge is -2.25. The smallest absolute Gasteiger partial charge is 0.0462 e. The second kappa shape index (κ2) is 15.0. The van der Waals surface area contributed by atoms with Crippen molar-refractivity contribution in [1.29, 1.82) is 0 Å². The van der Waals surface area contributed by atoms with Gasteiger partial charge in [-0.15, -0.1) is 0 Å². The van der Waals surface area contributed by atoms with E-state index in [9.17, 15) is 0 Å². The largest absolute Gasteiger partial charge is 0.311 e. The van der Waals surface area contributed by atoms with Gasteiger partial charge in [-0.3, -0.25) is 0 Å². The summed E-state index contributed by atoms with van der Waals surface area (Å²) in [4.78, 5) is 2.29. The normalized spacial score (nSPS) is 11.4. The summed E-state index contributed by atoms with van der Waals surface area (Å²) in [5.74, 6) is 0. The molecule has 0 heterocycles. The number of hydrogen-bond acceptors (Lipinski definition) is 1. The molecule has 0 unspecified atom stereocenters. The third kappa shape index (κ3) is 6.46. The van der Waals surface area contributed by atoms with Crippen molar-refractivity contribution in [2.24, 2.45) is 0 Å². The Balaban J connectivity index is 1.00. The standard InChI is InChI=1S/C56H39N/c1-4-16-42(17-5-1)47-38-39-54(49-23-11-10-22-48(47)49)56-52-26-14-12-24-50(52)55(51-25-13-15-27-53(51)56)43-34-30-40(31-35-43)28-29-41-32-36-46(37-33-41)57(44-18-6-2-7-19-44)45-20-8-3-9-21-45/h1-39H/b29-28+. The van der Waals surface area contributed by atoms with Gasteiger partial charge in [-0.2, -0.15) is 0 Å². The molecule has 0 radical (unpaired) electrons. The van der Waals surface area contributed by atoms with E-state index in [1.54, 1.807) is 0 Å². The van der Waals surface area contributed by atoms with E-state index < -0.39 is 0 Å². The van der Waals surface area contributed by atoms with Gasteiger partial charge in [0.2, 0.25) is 0 Å². The van der Waals surface area contributed by atoms with E-state index >= 15 is 0 Å². The first kappa shape index (κ1) is 34.0. The predicted molar refractivity (Wildman–Crippen MR) is 245 cm³/mol. The van der Waals surface area contributed by atoms with E-state index in [1.807, 2.05) is 0 Å². The van der Waals surface area contributed by atoms with Crippen molar-refractivity contribution in [3.63, 3.8) is 0 Å². The van der Waals surface area contributed by atoms with Crippen LogP contribution in [0, 0.1) is 0 Å². The SMILES string of the molecule is C(=C\c1ccc(N(c2ccccc2)c2ccccc2)cc1)/c1ccc(-c2c3ccccc3c(-c3ccc(-c4ccccc4)c4ccccc34)c3ccccc23)cc1. The van der Waals surface area contributed by atoms with Gasteiger partial charge in [0.15, 0.2) is 0 Å². The van der Waals surface area contributed by atoms with E-state index in [-0.39, 0.29) is 0 Å². The molecule has 0 saturated heterocycles. The highest BCUT2D eigenvalue weighted by atomic mass is 15.1. The van der Waals surface area contributed by atoms with Crippen LogP contribution < -0.4 is 4.90 Å². The van der Waals surface area contributed by atoms with E-state index in [0.717, 1.165) is 28.2 Å². The van der Waals surface area contributed by atoms with E-state index in [2.05, 4.69) is 242 Å². The number of hydrogen-bond donors (Lipinski definition) is 0. The van der Waals surface area contributed by atoms with Crippen LogP contribution in [-0.2, 0) is 0 Å². The van der Waals surface area contributed by atoms with Gasteiger partial charge in [-0.05, 0) is 113 Å². The van der Waals surface area contributed by atoms with Gasteiger partial charge in [0.05, 0.1) is 0 Å². The van der Waals surface area contributed by atoms with Crippen LogP contribution in [-0.4, -0.2) is 0 Å². The highest BCUT2D eigenvalue weighted by molar-refractivity contribution is 6.24. The summed E-state index contributed by atoms with van der Waals surface area (Å²) in [7, 11) is 0. The van der Waals surface area contributed by atoms with Gasteiger partial charge in [0.1, 0.15) is 0 Å². The summed E-state index contributed by atoms with van der Waals surface area (Å²) in [5, 5.41) is 7.55. The number of para-hydroxylation sites is 2. The molecule has 10 aromatic rings. The Kier molecular flexibility index (Phi) is 8.95. The molecule has 0 aromatic heterocycles. The van der Waals surface area contributed by atoms with Crippen molar-refractivity contribution in [1.82, 2.24) is 0 Å². The number of fused-ring (bicyclic) bond motifs is 3. The molecule has 0 fully saturated rings. The maximum absolute atomic E-state index is 2.33. The molecule has 0 amide bonds. The number of anilines is 3. The molecule has 268 valence electrons. The summed E-state index contributed by atoms with van der Waals surface area (Å²) in [6.45, 7) is 0. The van der Waals surface area contributed by atoms with Crippen LogP contribution in [0.25, 0.3) is 77.9 Å². The van der Waals surface area contributed by atoms with Gasteiger partial charge >= 0.3 is 0 Å². The quantitative estimate of drug-likeness (QED) is 0.111. The summed E-state index contributed by atoms with van der Waals surface area (Å²) in [5.41, 5.74) is 13.2. The molecule has 0 atom stereocenters. The molecular formula is C56H39N. The van der Waals surface area contributed by atoms with Crippen molar-refractivity contribution in [2.75, 3.05) is 4.90 Å². The van der Waals surface area contributed by atoms with Crippen molar-refractivity contribution in [2.45, 2.75) is 0 Å². The van der Waals surface area contributed by atoms with Crippen LogP contribution >= 0.6 is 0 Å². The Morgan fingerprint density at radius 1 is 0.246 bits per heavy atom. The highest BCUT2D eigenvalue weighted by Gasteiger charge is 2.19. The van der Waals surface area contributed by atoms with Crippen LogP contribution in [0.5, 0.6) is 0 Å². The summed E-state index contributed by atoms with van der Waals surface area (Å²) < 4.78 is 0. The third-order valence-corrected chi connectivity index (χ3v) is 11.1. The molecule has 0 saturated carbocycles. The monoisotopic (exact) mass is 725 g/mol. The van der Waals surface area contributed by atoms with Gasteiger partial charge in [-0.1, -0.05) is 200 Å². The maximum Gasteiger partial charge on any atom is 0.0462 e. The average molecular weight is 726 g/mol. The number of rotatable bonds is 8. The van der Waals surface area contributed by atoms with Gasteiger partial charge in [0, 0.05) is 17.1 Å². The Morgan fingerprint density at radius 2 is 0.614 bits per heavy atom. The minimum Gasteiger partial charge on any atom is -0.311 e. The Hall–Kier alpha value is -7.48. The van der Waals surface area contributed by atoms with Crippen molar-refractivity contribution < 1.29 is 0 Å². The molecule has 0 N–H and O–H groups in total. The predicted octanol–water partition coefficient (Wildman–Crippen LogP) is 15.8. The summed E-state index contributed by atoms with van der Waals surface area (Å²) in [6, 6.07) is 80.9. The molecule has 1 nitrogen and oxygen atoms in total. The van der Waals surface area contributed by atoms with Crippen LogP contribution in [0.4, 0.5) is 17.1 Å². The Morgan fingerprint density at radius 3 is 1.12 bits per heavy atom. The van der Waals surface area contributed by atoms with E-state index in [0.29, 0.717) is 0 Å². The van der Waals surface area contributed by atoms with E-state index in [1.165, 1.54) is 65.7 Å². The van der Waals surface area contributed by atoms with Gasteiger partial charge < -0.3 is 4.90 Å². The fraction of sp³-hybridized carbons (Fsp3) is 0. The second-order valence-electron chi connectivity index (χ2n) is 14.5. The second-order valence-corrected chi connectivity index (χ2v) is 14.5. The molecule has 0 bridgehead atoms. The molecule has 0 spiro atoms. The average Bonchev–Trinajstić information content (AvgIpc) is 3.29. The number of benzene rings is 10. The first-order valence-corrected chi connectivity index (χ1v) is 19.6. The zero-order valence-electron chi connectivity index (χ0n) is 31.5. The van der Waals surface area contributed by atoms with Crippen molar-refractivity contribution in [3.8, 4) is 33.4 Å². The molecule has 0 aliphatic heterocycles. The van der Waals surface area contributed by atoms with Crippen LogP contribution in [0.1, 0.15) is 11.1 Å². The fourth-order valence-electron chi connectivity index (χ4n) is 8.41. The van der Waals surface area contributed by atoms with Crippen LogP contribution in [0.15, 0.2) is 224 Å². The Bertz CT molecular complexity index is 2920. The Labute approximate surface area is 334 Å². The number of nitrogens with zero attached hydrogens (tertiary/aromatic N) is 1. The molecule has 1 heteroatoms. The summed E-state index contributed by atoms with van der Waals surface area (Å²) >= 11 is 0. The molecule has 10 aromatic carbocycles. The van der Waals surface area contributed by atoms with Crippen LogP contribution in [0.2, 0.25) is 0 Å². The third-order valence-electron chi connectivity index (χ3n) is 11.1. The molecule has 0 aliphatic rings. The minimum absolute atomic E-state index is 1.12. The van der Waals surface area contributed by atoms with E-state index in [4.69, 9.17) is 0 Å². The lowest BCUT2D eigenvalue weighted by atomic mass is 9.83.